The van der Waals surface area contributed by atoms with Crippen LogP contribution in [0.4, 0.5) is 0 Å². The minimum Gasteiger partial charge on any atom is -0.412 e. The molecule has 78 valence electrons. The summed E-state index contributed by atoms with van der Waals surface area (Å²) in [7, 11) is 0. The number of ketones is 1. The van der Waals surface area contributed by atoms with E-state index in [1.54, 1.807) is 0 Å². The van der Waals surface area contributed by atoms with E-state index in [9.17, 15) is 4.79 Å². The number of fused-ring (bicyclic) bond motifs is 2. The van der Waals surface area contributed by atoms with Crippen LogP contribution in [-0.4, -0.2) is 20.4 Å². The van der Waals surface area contributed by atoms with Gasteiger partial charge in [0.1, 0.15) is 0 Å². The molecule has 0 spiro atoms. The van der Waals surface area contributed by atoms with E-state index in [0.29, 0.717) is 0 Å². The maximum atomic E-state index is 12.0. The summed E-state index contributed by atoms with van der Waals surface area (Å²) >= 11 is 0. The van der Waals surface area contributed by atoms with E-state index in [0.717, 1.165) is 24.5 Å². The molecule has 0 aliphatic carbocycles. The summed E-state index contributed by atoms with van der Waals surface area (Å²) in [4.78, 5) is 12.0. The van der Waals surface area contributed by atoms with Crippen molar-refractivity contribution < 1.29 is 10.3 Å². The second kappa shape index (κ2) is 3.40. The smallest absolute Gasteiger partial charge is 0.225 e. The molecule has 1 aliphatic rings. The molecule has 2 aromatic rings. The van der Waals surface area contributed by atoms with Crippen molar-refractivity contribution in [3.8, 4) is 0 Å². The van der Waals surface area contributed by atoms with Crippen molar-refractivity contribution >= 4 is 5.78 Å². The summed E-state index contributed by atoms with van der Waals surface area (Å²) < 4.78 is 4.02. The van der Waals surface area contributed by atoms with Gasteiger partial charge in [-0.1, -0.05) is 0 Å². The fourth-order valence-electron chi connectivity index (χ4n) is 1.98. The highest BCUT2D eigenvalue weighted by molar-refractivity contribution is 6.07. The van der Waals surface area contributed by atoms with Gasteiger partial charge < -0.3 is 14.6 Å². The molecule has 0 atom stereocenters. The minimum absolute atomic E-state index is 0. The number of nitrogens with zero attached hydrogens (tertiary/aromatic N) is 2. The van der Waals surface area contributed by atoms with Gasteiger partial charge in [-0.15, -0.1) is 0 Å². The molecule has 1 aliphatic heterocycles. The Morgan fingerprint density at radius 1 is 0.933 bits per heavy atom. The van der Waals surface area contributed by atoms with Crippen LogP contribution >= 0.6 is 0 Å². The second-order valence-corrected chi connectivity index (χ2v) is 3.50. The van der Waals surface area contributed by atoms with Crippen molar-refractivity contribution in [1.29, 1.82) is 0 Å². The Hall–Kier alpha value is -1.81. The van der Waals surface area contributed by atoms with Gasteiger partial charge in [0.2, 0.25) is 5.78 Å². The van der Waals surface area contributed by atoms with Crippen molar-refractivity contribution in [2.24, 2.45) is 0 Å². The van der Waals surface area contributed by atoms with Gasteiger partial charge in [-0.2, -0.15) is 0 Å². The third-order valence-corrected chi connectivity index (χ3v) is 2.71. The highest BCUT2D eigenvalue weighted by Gasteiger charge is 2.19. The van der Waals surface area contributed by atoms with Crippen LogP contribution in [0.3, 0.4) is 0 Å². The molecule has 15 heavy (non-hydrogen) atoms. The lowest BCUT2D eigenvalue weighted by molar-refractivity contribution is 0.102. The Bertz CT molecular complexity index is 452. The Morgan fingerprint density at radius 2 is 1.40 bits per heavy atom. The summed E-state index contributed by atoms with van der Waals surface area (Å²) in [6.45, 7) is 1.74. The van der Waals surface area contributed by atoms with Crippen LogP contribution < -0.4 is 0 Å². The largest absolute Gasteiger partial charge is 0.412 e. The lowest BCUT2D eigenvalue weighted by atomic mass is 10.2. The molecule has 0 radical (unpaired) electrons. The van der Waals surface area contributed by atoms with Gasteiger partial charge in [0, 0.05) is 25.5 Å². The van der Waals surface area contributed by atoms with E-state index in [2.05, 4.69) is 0 Å². The van der Waals surface area contributed by atoms with Gasteiger partial charge in [0.15, 0.2) is 0 Å². The molecule has 3 heterocycles. The highest BCUT2D eigenvalue weighted by Crippen LogP contribution is 2.15. The number of aromatic nitrogens is 2. The van der Waals surface area contributed by atoms with Gasteiger partial charge in [-0.05, 0) is 24.3 Å². The number of carbonyl (C=O) groups is 1. The van der Waals surface area contributed by atoms with Crippen molar-refractivity contribution in [2.75, 3.05) is 0 Å². The number of carbonyl (C=O) groups excluding carboxylic acids is 1. The topological polar surface area (TPSA) is 58.4 Å². The summed E-state index contributed by atoms with van der Waals surface area (Å²) in [5.41, 5.74) is 1.59. The van der Waals surface area contributed by atoms with Crippen LogP contribution in [0.1, 0.15) is 16.2 Å². The van der Waals surface area contributed by atoms with E-state index >= 15 is 0 Å². The van der Waals surface area contributed by atoms with Crippen LogP contribution in [0.15, 0.2) is 36.7 Å². The zero-order chi connectivity index (χ0) is 9.54. The monoisotopic (exact) mass is 204 g/mol. The average molecular weight is 204 g/mol. The zero-order valence-electron chi connectivity index (χ0n) is 8.18. The van der Waals surface area contributed by atoms with Gasteiger partial charge >= 0.3 is 0 Å². The maximum Gasteiger partial charge on any atom is 0.225 e. The van der Waals surface area contributed by atoms with Crippen molar-refractivity contribution in [2.45, 2.75) is 13.1 Å². The van der Waals surface area contributed by atoms with Crippen molar-refractivity contribution in [3.63, 3.8) is 0 Å². The molecule has 0 amide bonds. The first-order chi connectivity index (χ1) is 6.86. The lowest BCUT2D eigenvalue weighted by Crippen LogP contribution is -2.06. The van der Waals surface area contributed by atoms with Crippen molar-refractivity contribution in [3.05, 3.63) is 48.0 Å². The lowest BCUT2D eigenvalue weighted by Gasteiger charge is -2.02. The predicted molar refractivity (Wildman–Crippen MR) is 55.9 cm³/mol. The first-order valence-electron chi connectivity index (χ1n) is 4.71. The van der Waals surface area contributed by atoms with E-state index in [-0.39, 0.29) is 11.3 Å². The molecule has 0 saturated heterocycles. The quantitative estimate of drug-likeness (QED) is 0.623. The number of aryl methyl sites for hydroxylation is 2. The molecule has 4 nitrogen and oxygen atoms in total. The predicted octanol–water partition coefficient (Wildman–Crippen LogP) is 0.710. The van der Waals surface area contributed by atoms with E-state index in [1.165, 1.54) is 0 Å². The molecule has 2 aromatic heterocycles. The molecule has 0 aromatic carbocycles. The number of hydrogen-bond acceptors (Lipinski definition) is 1. The summed E-state index contributed by atoms with van der Waals surface area (Å²) in [6.07, 6.45) is 3.92. The highest BCUT2D eigenvalue weighted by atomic mass is 16.1. The molecule has 0 unspecified atom stereocenters. The van der Waals surface area contributed by atoms with Gasteiger partial charge in [-0.25, -0.2) is 0 Å². The van der Waals surface area contributed by atoms with Crippen molar-refractivity contribution in [1.82, 2.24) is 9.13 Å². The average Bonchev–Trinajstić information content (AvgIpc) is 2.81. The molecular formula is C11H12N2O2. The summed E-state index contributed by atoms with van der Waals surface area (Å²) in [6, 6.07) is 7.60. The van der Waals surface area contributed by atoms with Gasteiger partial charge in [0.25, 0.3) is 0 Å². The Labute approximate surface area is 87.1 Å². The summed E-state index contributed by atoms with van der Waals surface area (Å²) in [5, 5.41) is 0. The van der Waals surface area contributed by atoms with E-state index < -0.39 is 0 Å². The van der Waals surface area contributed by atoms with Crippen LogP contribution in [-0.2, 0) is 13.1 Å². The molecule has 4 heteroatoms. The Balaban J connectivity index is 0.000000853. The zero-order valence-corrected chi connectivity index (χ0v) is 8.18. The molecule has 0 fully saturated rings. The third kappa shape index (κ3) is 1.30. The maximum absolute atomic E-state index is 12.0. The third-order valence-electron chi connectivity index (χ3n) is 2.71. The van der Waals surface area contributed by atoms with Gasteiger partial charge in [-0.3, -0.25) is 4.79 Å². The van der Waals surface area contributed by atoms with Crippen LogP contribution in [0, 0.1) is 0 Å². The molecule has 2 N–H and O–H groups in total. The summed E-state index contributed by atoms with van der Waals surface area (Å²) in [5.74, 6) is 0.123. The fraction of sp³-hybridized carbons (Fsp3) is 0.182. The van der Waals surface area contributed by atoms with Crippen LogP contribution in [0.2, 0.25) is 0 Å². The molecule has 3 rings (SSSR count). The Morgan fingerprint density at radius 3 is 1.87 bits per heavy atom. The normalized spacial score (nSPS) is 13.7. The SMILES string of the molecule is O.O=C1c2cccn2CCn2cccc21. The second-order valence-electron chi connectivity index (χ2n) is 3.50. The molecular weight excluding hydrogens is 192 g/mol. The minimum atomic E-state index is 0. The first kappa shape index (κ1) is 9.73. The standard InChI is InChI=1S/C11H10N2O.H2O/c14-11-9-3-1-5-12(9)7-8-13-6-2-4-10(11)13;/h1-6H,7-8H2;1H2. The fourth-order valence-corrected chi connectivity index (χ4v) is 1.98. The van der Waals surface area contributed by atoms with E-state index in [4.69, 9.17) is 0 Å². The number of hydrogen-bond donors (Lipinski definition) is 0. The van der Waals surface area contributed by atoms with Crippen LogP contribution in [0.5, 0.6) is 0 Å². The number of rotatable bonds is 0. The van der Waals surface area contributed by atoms with Crippen LogP contribution in [0.25, 0.3) is 0 Å². The van der Waals surface area contributed by atoms with E-state index in [1.807, 2.05) is 45.8 Å². The van der Waals surface area contributed by atoms with Gasteiger partial charge in [0.05, 0.1) is 11.4 Å². The molecule has 0 bridgehead atoms. The Kier molecular flexibility index (Phi) is 2.21. The molecule has 0 saturated carbocycles. The first-order valence-corrected chi connectivity index (χ1v) is 4.71.